The monoisotopic (exact) mass is 351 g/mol. The molecule has 0 fully saturated rings. The van der Waals surface area contributed by atoms with E-state index in [9.17, 15) is 4.79 Å². The molecule has 136 valence electrons. The molecule has 4 nitrogen and oxygen atoms in total. The topological polar surface area (TPSA) is 49.8 Å². The molecule has 2 aromatic rings. The first-order valence-electron chi connectivity index (χ1n) is 9.12. The molecule has 0 aromatic heterocycles. The van der Waals surface area contributed by atoms with Gasteiger partial charge in [-0.05, 0) is 50.6 Å². The van der Waals surface area contributed by atoms with Crippen molar-refractivity contribution in [1.29, 1.82) is 0 Å². The minimum absolute atomic E-state index is 0.255. The molecular formula is C22H25NO3. The van der Waals surface area contributed by atoms with Crippen LogP contribution in [-0.2, 0) is 4.79 Å². The second-order valence-electron chi connectivity index (χ2n) is 6.65. The first-order valence-corrected chi connectivity index (χ1v) is 9.12. The van der Waals surface area contributed by atoms with Crippen molar-refractivity contribution in [2.24, 2.45) is 0 Å². The maximum atomic E-state index is 10.6. The van der Waals surface area contributed by atoms with Crippen LogP contribution < -0.4 is 4.74 Å². The van der Waals surface area contributed by atoms with Gasteiger partial charge < -0.3 is 14.7 Å². The number of hydrogen-bond donors (Lipinski definition) is 1. The Morgan fingerprint density at radius 2 is 1.62 bits per heavy atom. The Morgan fingerprint density at radius 1 is 1.00 bits per heavy atom. The van der Waals surface area contributed by atoms with Gasteiger partial charge in [-0.3, -0.25) is 4.79 Å². The first-order chi connectivity index (χ1) is 12.6. The van der Waals surface area contributed by atoms with Gasteiger partial charge in [0.1, 0.15) is 11.5 Å². The lowest BCUT2D eigenvalue weighted by Crippen LogP contribution is -2.20. The number of carbonyl (C=O) groups is 1. The van der Waals surface area contributed by atoms with Crippen LogP contribution in [0.2, 0.25) is 0 Å². The Balaban J connectivity index is 1.64. The van der Waals surface area contributed by atoms with E-state index in [-0.39, 0.29) is 6.42 Å². The standard InChI is InChI=1S/C22H25NO3/c1-23(15-7-6-14-22(24)25)16-8-11-17-18-9-2-4-12-20(18)26-21-13-5-3-10-19(17)21/h2-5,9-13H,6-8,14-16H2,1H3,(H,24,25). The van der Waals surface area contributed by atoms with Gasteiger partial charge in [-0.25, -0.2) is 0 Å². The molecule has 1 aliphatic rings. The summed E-state index contributed by atoms with van der Waals surface area (Å²) in [7, 11) is 2.09. The van der Waals surface area contributed by atoms with Crippen LogP contribution in [-0.4, -0.2) is 36.1 Å². The van der Waals surface area contributed by atoms with Gasteiger partial charge in [0.2, 0.25) is 0 Å². The van der Waals surface area contributed by atoms with Gasteiger partial charge in [0.15, 0.2) is 0 Å². The minimum atomic E-state index is -0.714. The average molecular weight is 351 g/mol. The smallest absolute Gasteiger partial charge is 0.303 e. The normalized spacial score (nSPS) is 12.3. The molecule has 0 aliphatic carbocycles. The Morgan fingerprint density at radius 3 is 2.23 bits per heavy atom. The highest BCUT2D eigenvalue weighted by Gasteiger charge is 2.20. The predicted molar refractivity (Wildman–Crippen MR) is 104 cm³/mol. The van der Waals surface area contributed by atoms with E-state index >= 15 is 0 Å². The molecule has 0 unspecified atom stereocenters. The molecule has 0 radical (unpaired) electrons. The number of hydrogen-bond acceptors (Lipinski definition) is 3. The molecule has 1 heterocycles. The highest BCUT2D eigenvalue weighted by molar-refractivity contribution is 5.87. The maximum absolute atomic E-state index is 10.6. The van der Waals surface area contributed by atoms with E-state index in [0.29, 0.717) is 0 Å². The molecule has 0 saturated heterocycles. The third-order valence-electron chi connectivity index (χ3n) is 4.61. The number of nitrogens with zero attached hydrogens (tertiary/aromatic N) is 1. The fourth-order valence-electron chi connectivity index (χ4n) is 3.24. The van der Waals surface area contributed by atoms with Crippen molar-refractivity contribution in [3.8, 4) is 11.5 Å². The number of unbranched alkanes of at least 4 members (excludes halogenated alkanes) is 1. The number of fused-ring (bicyclic) bond motifs is 2. The summed E-state index contributed by atoms with van der Waals surface area (Å²) >= 11 is 0. The number of para-hydroxylation sites is 2. The van der Waals surface area contributed by atoms with Crippen LogP contribution in [0.4, 0.5) is 0 Å². The largest absolute Gasteiger partial charge is 0.481 e. The van der Waals surface area contributed by atoms with Crippen LogP contribution in [0.5, 0.6) is 11.5 Å². The fraction of sp³-hybridized carbons (Fsp3) is 0.318. The SMILES string of the molecule is CN(CCC=C1c2ccccc2Oc2ccccc21)CCCCC(=O)O. The van der Waals surface area contributed by atoms with Crippen molar-refractivity contribution in [2.45, 2.75) is 25.7 Å². The summed E-state index contributed by atoms with van der Waals surface area (Å²) in [4.78, 5) is 12.8. The van der Waals surface area contributed by atoms with Crippen LogP contribution in [0.25, 0.3) is 5.57 Å². The summed E-state index contributed by atoms with van der Waals surface area (Å²) in [6.07, 6.45) is 5.13. The summed E-state index contributed by atoms with van der Waals surface area (Å²) in [6, 6.07) is 16.3. The second kappa shape index (κ2) is 8.68. The number of carboxylic acids is 1. The number of aliphatic carboxylic acids is 1. The molecule has 1 aliphatic heterocycles. The van der Waals surface area contributed by atoms with Gasteiger partial charge in [0.25, 0.3) is 0 Å². The highest BCUT2D eigenvalue weighted by atomic mass is 16.5. The van der Waals surface area contributed by atoms with Crippen LogP contribution in [0.1, 0.15) is 36.8 Å². The van der Waals surface area contributed by atoms with E-state index in [0.717, 1.165) is 55.0 Å². The number of rotatable bonds is 8. The summed E-state index contributed by atoms with van der Waals surface area (Å²) in [6.45, 7) is 1.87. The predicted octanol–water partition coefficient (Wildman–Crippen LogP) is 4.80. The van der Waals surface area contributed by atoms with Gasteiger partial charge in [-0.2, -0.15) is 0 Å². The molecule has 26 heavy (non-hydrogen) atoms. The van der Waals surface area contributed by atoms with E-state index in [2.05, 4.69) is 30.2 Å². The van der Waals surface area contributed by atoms with Crippen molar-refractivity contribution >= 4 is 11.5 Å². The summed E-state index contributed by atoms with van der Waals surface area (Å²) < 4.78 is 6.02. The zero-order chi connectivity index (χ0) is 18.4. The Labute approximate surface area is 154 Å². The van der Waals surface area contributed by atoms with Crippen LogP contribution in [0, 0.1) is 0 Å². The van der Waals surface area contributed by atoms with E-state index in [1.165, 1.54) is 5.57 Å². The lowest BCUT2D eigenvalue weighted by molar-refractivity contribution is -0.137. The Kier molecular flexibility index (Phi) is 6.08. The second-order valence-corrected chi connectivity index (χ2v) is 6.65. The van der Waals surface area contributed by atoms with Crippen LogP contribution >= 0.6 is 0 Å². The van der Waals surface area contributed by atoms with Crippen molar-refractivity contribution in [3.05, 3.63) is 65.7 Å². The average Bonchev–Trinajstić information content (AvgIpc) is 2.64. The summed E-state index contributed by atoms with van der Waals surface area (Å²) in [5.41, 5.74) is 3.49. The van der Waals surface area contributed by atoms with Crippen molar-refractivity contribution < 1.29 is 14.6 Å². The van der Waals surface area contributed by atoms with Gasteiger partial charge in [0, 0.05) is 24.1 Å². The van der Waals surface area contributed by atoms with Gasteiger partial charge >= 0.3 is 5.97 Å². The highest BCUT2D eigenvalue weighted by Crippen LogP contribution is 2.43. The fourth-order valence-corrected chi connectivity index (χ4v) is 3.24. The Hall–Kier alpha value is -2.59. The number of carboxylic acid groups (broad SMARTS) is 1. The minimum Gasteiger partial charge on any atom is -0.481 e. The lowest BCUT2D eigenvalue weighted by Gasteiger charge is -2.23. The van der Waals surface area contributed by atoms with Gasteiger partial charge in [0.05, 0.1) is 0 Å². The molecule has 0 bridgehead atoms. The molecule has 0 amide bonds. The van der Waals surface area contributed by atoms with Gasteiger partial charge in [-0.15, -0.1) is 0 Å². The zero-order valence-corrected chi connectivity index (χ0v) is 15.1. The van der Waals surface area contributed by atoms with E-state index in [4.69, 9.17) is 9.84 Å². The number of ether oxygens (including phenoxy) is 1. The molecule has 0 spiro atoms. The maximum Gasteiger partial charge on any atom is 0.303 e. The molecule has 0 atom stereocenters. The van der Waals surface area contributed by atoms with Crippen LogP contribution in [0.15, 0.2) is 54.6 Å². The van der Waals surface area contributed by atoms with E-state index < -0.39 is 5.97 Å². The van der Waals surface area contributed by atoms with E-state index in [1.807, 2.05) is 36.4 Å². The lowest BCUT2D eigenvalue weighted by atomic mass is 9.93. The molecule has 2 aromatic carbocycles. The van der Waals surface area contributed by atoms with Crippen molar-refractivity contribution in [1.82, 2.24) is 4.90 Å². The van der Waals surface area contributed by atoms with Crippen molar-refractivity contribution in [2.75, 3.05) is 20.1 Å². The number of benzene rings is 2. The molecular weight excluding hydrogens is 326 g/mol. The van der Waals surface area contributed by atoms with Gasteiger partial charge in [-0.1, -0.05) is 42.5 Å². The third kappa shape index (κ3) is 4.52. The quantitative estimate of drug-likeness (QED) is 0.592. The summed E-state index contributed by atoms with van der Waals surface area (Å²) in [5.74, 6) is 1.09. The Bertz CT molecular complexity index is 750. The van der Waals surface area contributed by atoms with Crippen molar-refractivity contribution in [3.63, 3.8) is 0 Å². The van der Waals surface area contributed by atoms with E-state index in [1.54, 1.807) is 0 Å². The van der Waals surface area contributed by atoms with Crippen LogP contribution in [0.3, 0.4) is 0 Å². The third-order valence-corrected chi connectivity index (χ3v) is 4.61. The zero-order valence-electron chi connectivity index (χ0n) is 15.1. The molecule has 3 rings (SSSR count). The molecule has 4 heteroatoms. The first kappa shape index (κ1) is 18.2. The molecule has 0 saturated carbocycles. The molecule has 1 N–H and O–H groups in total. The summed E-state index contributed by atoms with van der Waals surface area (Å²) in [5, 5.41) is 8.69.